The van der Waals surface area contributed by atoms with E-state index < -0.39 is 15.8 Å². The Hall–Kier alpha value is -1.67. The van der Waals surface area contributed by atoms with Gasteiger partial charge >= 0.3 is 0 Å². The summed E-state index contributed by atoms with van der Waals surface area (Å²) < 4.78 is 43.4. The van der Waals surface area contributed by atoms with Gasteiger partial charge in [-0.3, -0.25) is 4.79 Å². The van der Waals surface area contributed by atoms with Crippen LogP contribution in [0.1, 0.15) is 19.3 Å². The van der Waals surface area contributed by atoms with E-state index in [1.165, 1.54) is 6.07 Å². The van der Waals surface area contributed by atoms with E-state index in [2.05, 4.69) is 4.72 Å². The number of carbonyl (C=O) groups is 1. The zero-order valence-corrected chi connectivity index (χ0v) is 14.5. The third kappa shape index (κ3) is 6.09. The van der Waals surface area contributed by atoms with Gasteiger partial charge in [0.25, 0.3) is 0 Å². The van der Waals surface area contributed by atoms with Crippen molar-refractivity contribution in [3.63, 3.8) is 0 Å². The highest BCUT2D eigenvalue weighted by molar-refractivity contribution is 7.88. The summed E-state index contributed by atoms with van der Waals surface area (Å²) in [6.07, 6.45) is 2.97. The molecule has 1 saturated heterocycles. The number of piperidine rings is 1. The lowest BCUT2D eigenvalue weighted by Crippen LogP contribution is -2.42. The lowest BCUT2D eigenvalue weighted by molar-refractivity contribution is -0.133. The molecule has 0 bridgehead atoms. The molecule has 1 atom stereocenters. The molecule has 1 aliphatic rings. The molecule has 24 heavy (non-hydrogen) atoms. The van der Waals surface area contributed by atoms with Crippen molar-refractivity contribution in [2.24, 2.45) is 5.92 Å². The number of hydrogen-bond donors (Lipinski definition) is 1. The zero-order chi connectivity index (χ0) is 17.6. The molecule has 134 valence electrons. The molecule has 1 aromatic carbocycles. The highest BCUT2D eigenvalue weighted by Crippen LogP contribution is 2.21. The quantitative estimate of drug-likeness (QED) is 0.799. The first-order chi connectivity index (χ1) is 11.3. The first kappa shape index (κ1) is 18.7. The molecule has 0 unspecified atom stereocenters. The van der Waals surface area contributed by atoms with Gasteiger partial charge < -0.3 is 9.64 Å². The Labute approximate surface area is 142 Å². The average molecular weight is 358 g/mol. The van der Waals surface area contributed by atoms with E-state index in [9.17, 15) is 17.6 Å². The number of benzene rings is 1. The van der Waals surface area contributed by atoms with Crippen LogP contribution in [0.25, 0.3) is 0 Å². The van der Waals surface area contributed by atoms with Crippen LogP contribution in [0.15, 0.2) is 24.3 Å². The van der Waals surface area contributed by atoms with Gasteiger partial charge in [0.05, 0.1) is 12.9 Å². The molecular formula is C16H23FN2O4S. The van der Waals surface area contributed by atoms with Gasteiger partial charge in [-0.05, 0) is 25.0 Å². The summed E-state index contributed by atoms with van der Waals surface area (Å²) in [5.74, 6) is -0.113. The Morgan fingerprint density at radius 2 is 2.17 bits per heavy atom. The molecule has 0 aromatic heterocycles. The maximum Gasteiger partial charge on any atom is 0.223 e. The van der Waals surface area contributed by atoms with Crippen molar-refractivity contribution < 1.29 is 22.3 Å². The first-order valence-corrected chi connectivity index (χ1v) is 9.84. The van der Waals surface area contributed by atoms with Crippen LogP contribution in [-0.2, 0) is 14.8 Å². The molecule has 6 nitrogen and oxygen atoms in total. The van der Waals surface area contributed by atoms with E-state index in [4.69, 9.17) is 4.74 Å². The molecule has 2 rings (SSSR count). The number of nitrogens with zero attached hydrogens (tertiary/aromatic N) is 1. The minimum absolute atomic E-state index is 0.0817. The average Bonchev–Trinajstić information content (AvgIpc) is 2.53. The van der Waals surface area contributed by atoms with Crippen LogP contribution in [0.2, 0.25) is 0 Å². The van der Waals surface area contributed by atoms with Crippen LogP contribution >= 0.6 is 0 Å². The molecule has 1 heterocycles. The zero-order valence-electron chi connectivity index (χ0n) is 13.7. The Balaban J connectivity index is 1.78. The number of carbonyl (C=O) groups excluding carboxylic acids is 1. The van der Waals surface area contributed by atoms with Gasteiger partial charge in [0.1, 0.15) is 0 Å². The number of likely N-dealkylation sites (tertiary alicyclic amines) is 1. The summed E-state index contributed by atoms with van der Waals surface area (Å²) in [5, 5.41) is 0. The second-order valence-corrected chi connectivity index (χ2v) is 7.84. The van der Waals surface area contributed by atoms with Crippen LogP contribution in [0, 0.1) is 11.7 Å². The molecule has 0 aliphatic carbocycles. The van der Waals surface area contributed by atoms with Crippen molar-refractivity contribution in [2.45, 2.75) is 19.3 Å². The second kappa shape index (κ2) is 8.43. The predicted octanol–water partition coefficient (Wildman–Crippen LogP) is 1.38. The van der Waals surface area contributed by atoms with Crippen LogP contribution in [0.5, 0.6) is 5.75 Å². The van der Waals surface area contributed by atoms with Crippen molar-refractivity contribution in [2.75, 3.05) is 32.5 Å². The van der Waals surface area contributed by atoms with E-state index in [0.717, 1.165) is 19.1 Å². The van der Waals surface area contributed by atoms with Crippen LogP contribution in [0.3, 0.4) is 0 Å². The molecule has 1 fully saturated rings. The van der Waals surface area contributed by atoms with Crippen LogP contribution < -0.4 is 9.46 Å². The van der Waals surface area contributed by atoms with Gasteiger partial charge in [0.2, 0.25) is 15.9 Å². The van der Waals surface area contributed by atoms with Crippen molar-refractivity contribution >= 4 is 15.9 Å². The standard InChI is InChI=1S/C16H23FN2O4S/c1-24(21,22)18-9-8-16(20)19-10-4-5-13(11-19)12-23-15-7-3-2-6-14(15)17/h2-3,6-7,13,18H,4-5,8-12H2,1H3/t13-/m1/s1. The fourth-order valence-electron chi connectivity index (χ4n) is 2.70. The van der Waals surface area contributed by atoms with Crippen molar-refractivity contribution in [3.8, 4) is 5.75 Å². The fourth-order valence-corrected chi connectivity index (χ4v) is 3.17. The molecule has 1 aromatic rings. The molecule has 0 spiro atoms. The molecule has 1 aliphatic heterocycles. The molecule has 1 N–H and O–H groups in total. The number of ether oxygens (including phenoxy) is 1. The van der Waals surface area contributed by atoms with Crippen LogP contribution in [0.4, 0.5) is 4.39 Å². The minimum Gasteiger partial charge on any atom is -0.490 e. The first-order valence-electron chi connectivity index (χ1n) is 7.95. The topological polar surface area (TPSA) is 75.7 Å². The summed E-state index contributed by atoms with van der Waals surface area (Å²) in [5.41, 5.74) is 0. The van der Waals surface area contributed by atoms with Gasteiger partial charge in [0, 0.05) is 32.0 Å². The number of amides is 1. The van der Waals surface area contributed by atoms with Gasteiger partial charge in [-0.15, -0.1) is 0 Å². The van der Waals surface area contributed by atoms with E-state index in [0.29, 0.717) is 19.7 Å². The van der Waals surface area contributed by atoms with Crippen LogP contribution in [-0.4, -0.2) is 51.7 Å². The maximum absolute atomic E-state index is 13.5. The lowest BCUT2D eigenvalue weighted by Gasteiger charge is -2.32. The fraction of sp³-hybridized carbons (Fsp3) is 0.562. The molecular weight excluding hydrogens is 335 g/mol. The second-order valence-electron chi connectivity index (χ2n) is 6.01. The van der Waals surface area contributed by atoms with Gasteiger partial charge in [-0.1, -0.05) is 12.1 Å². The van der Waals surface area contributed by atoms with Gasteiger partial charge in [0.15, 0.2) is 11.6 Å². The number of sulfonamides is 1. The number of para-hydroxylation sites is 1. The highest BCUT2D eigenvalue weighted by Gasteiger charge is 2.24. The third-order valence-corrected chi connectivity index (χ3v) is 4.61. The maximum atomic E-state index is 13.5. The lowest BCUT2D eigenvalue weighted by atomic mass is 9.98. The van der Waals surface area contributed by atoms with Crippen molar-refractivity contribution in [1.29, 1.82) is 0 Å². The summed E-state index contributed by atoms with van der Waals surface area (Å²) in [6, 6.07) is 6.25. The Kier molecular flexibility index (Phi) is 6.56. The normalized spacial score (nSPS) is 18.4. The molecule has 0 radical (unpaired) electrons. The van der Waals surface area contributed by atoms with Gasteiger partial charge in [-0.25, -0.2) is 17.5 Å². The molecule has 8 heteroatoms. The Morgan fingerprint density at radius 3 is 2.88 bits per heavy atom. The number of rotatable bonds is 7. The summed E-state index contributed by atoms with van der Waals surface area (Å²) >= 11 is 0. The van der Waals surface area contributed by atoms with E-state index in [-0.39, 0.29) is 30.5 Å². The van der Waals surface area contributed by atoms with E-state index in [1.807, 2.05) is 0 Å². The van der Waals surface area contributed by atoms with E-state index >= 15 is 0 Å². The third-order valence-electron chi connectivity index (χ3n) is 3.89. The number of nitrogens with one attached hydrogen (secondary N) is 1. The van der Waals surface area contributed by atoms with Crippen molar-refractivity contribution in [1.82, 2.24) is 9.62 Å². The predicted molar refractivity (Wildman–Crippen MR) is 88.7 cm³/mol. The highest BCUT2D eigenvalue weighted by atomic mass is 32.2. The van der Waals surface area contributed by atoms with Crippen molar-refractivity contribution in [3.05, 3.63) is 30.1 Å². The Morgan fingerprint density at radius 1 is 1.42 bits per heavy atom. The number of halogens is 1. The Bertz CT molecular complexity index is 666. The monoisotopic (exact) mass is 358 g/mol. The van der Waals surface area contributed by atoms with Gasteiger partial charge in [-0.2, -0.15) is 0 Å². The summed E-state index contributed by atoms with van der Waals surface area (Å²) in [6.45, 7) is 1.66. The molecule has 1 amide bonds. The SMILES string of the molecule is CS(=O)(=O)NCCC(=O)N1CCC[C@@H](COc2ccccc2F)C1. The van der Waals surface area contributed by atoms with E-state index in [1.54, 1.807) is 23.1 Å². The molecule has 0 saturated carbocycles. The smallest absolute Gasteiger partial charge is 0.223 e. The summed E-state index contributed by atoms with van der Waals surface area (Å²) in [4.78, 5) is 13.9. The largest absolute Gasteiger partial charge is 0.490 e. The minimum atomic E-state index is -3.28. The summed E-state index contributed by atoms with van der Waals surface area (Å²) in [7, 11) is -3.28. The number of hydrogen-bond acceptors (Lipinski definition) is 4.